The summed E-state index contributed by atoms with van der Waals surface area (Å²) in [5, 5.41) is 9.12. The molecule has 1 N–H and O–H groups in total. The molecule has 6 heteroatoms. The summed E-state index contributed by atoms with van der Waals surface area (Å²) in [4.78, 5) is 27.0. The van der Waals surface area contributed by atoms with E-state index in [0.29, 0.717) is 13.0 Å². The van der Waals surface area contributed by atoms with Crippen LogP contribution in [0.3, 0.4) is 0 Å². The van der Waals surface area contributed by atoms with E-state index in [-0.39, 0.29) is 19.1 Å². The van der Waals surface area contributed by atoms with Crippen molar-refractivity contribution in [3.63, 3.8) is 0 Å². The molecule has 2 aromatic rings. The SMILES string of the molecule is CN(C)CCCN(CC(=O)O)C(=O)OCC1c2ccccc2-c2ccccc21. The maximum Gasteiger partial charge on any atom is 0.410 e. The van der Waals surface area contributed by atoms with Gasteiger partial charge in [0, 0.05) is 12.5 Å². The van der Waals surface area contributed by atoms with Crippen molar-refractivity contribution in [1.82, 2.24) is 9.80 Å². The van der Waals surface area contributed by atoms with E-state index >= 15 is 0 Å². The molecule has 0 aromatic heterocycles. The number of benzene rings is 2. The van der Waals surface area contributed by atoms with Gasteiger partial charge in [0.05, 0.1) is 0 Å². The summed E-state index contributed by atoms with van der Waals surface area (Å²) >= 11 is 0. The molecule has 28 heavy (non-hydrogen) atoms. The minimum atomic E-state index is -1.04. The number of hydrogen-bond donors (Lipinski definition) is 1. The van der Waals surface area contributed by atoms with Crippen molar-refractivity contribution in [2.24, 2.45) is 0 Å². The molecule has 1 aliphatic rings. The Morgan fingerprint density at radius 2 is 1.54 bits per heavy atom. The molecule has 0 saturated heterocycles. The van der Waals surface area contributed by atoms with Crippen LogP contribution in [0.2, 0.25) is 0 Å². The van der Waals surface area contributed by atoms with Crippen molar-refractivity contribution in [2.75, 3.05) is 40.3 Å². The number of carboxylic acids is 1. The molecule has 0 atom stereocenters. The lowest BCUT2D eigenvalue weighted by molar-refractivity contribution is -0.138. The zero-order valence-electron chi connectivity index (χ0n) is 16.3. The van der Waals surface area contributed by atoms with Gasteiger partial charge in [-0.25, -0.2) is 4.79 Å². The van der Waals surface area contributed by atoms with Crippen LogP contribution in [-0.4, -0.2) is 67.3 Å². The molecule has 3 rings (SSSR count). The number of carbonyl (C=O) groups is 2. The van der Waals surface area contributed by atoms with Crippen LogP contribution in [0.1, 0.15) is 23.5 Å². The Morgan fingerprint density at radius 3 is 2.07 bits per heavy atom. The number of amides is 1. The Hall–Kier alpha value is -2.86. The Balaban J connectivity index is 1.69. The maximum atomic E-state index is 12.6. The van der Waals surface area contributed by atoms with Gasteiger partial charge >= 0.3 is 12.1 Å². The number of rotatable bonds is 8. The number of aliphatic carboxylic acids is 1. The first-order valence-electron chi connectivity index (χ1n) is 9.44. The zero-order valence-corrected chi connectivity index (χ0v) is 16.3. The van der Waals surface area contributed by atoms with E-state index in [1.807, 2.05) is 43.3 Å². The first-order chi connectivity index (χ1) is 13.5. The van der Waals surface area contributed by atoms with Crippen LogP contribution < -0.4 is 0 Å². The van der Waals surface area contributed by atoms with Crippen molar-refractivity contribution in [2.45, 2.75) is 12.3 Å². The number of ether oxygens (including phenoxy) is 1. The maximum absolute atomic E-state index is 12.6. The number of carboxylic acid groups (broad SMARTS) is 1. The lowest BCUT2D eigenvalue weighted by Crippen LogP contribution is -2.38. The van der Waals surface area contributed by atoms with Gasteiger partial charge in [0.15, 0.2) is 0 Å². The van der Waals surface area contributed by atoms with Crippen LogP contribution in [0.15, 0.2) is 48.5 Å². The average Bonchev–Trinajstić information content (AvgIpc) is 2.99. The van der Waals surface area contributed by atoms with Gasteiger partial charge in [-0.2, -0.15) is 0 Å². The summed E-state index contributed by atoms with van der Waals surface area (Å²) in [5.41, 5.74) is 4.59. The average molecular weight is 382 g/mol. The first-order valence-corrected chi connectivity index (χ1v) is 9.44. The molecule has 6 nitrogen and oxygen atoms in total. The van der Waals surface area contributed by atoms with Crippen LogP contribution >= 0.6 is 0 Å². The normalized spacial score (nSPS) is 12.5. The number of nitrogens with zero attached hydrogens (tertiary/aromatic N) is 2. The molecule has 0 unspecified atom stereocenters. The predicted molar refractivity (Wildman–Crippen MR) is 107 cm³/mol. The lowest BCUT2D eigenvalue weighted by Gasteiger charge is -2.22. The van der Waals surface area contributed by atoms with Crippen molar-refractivity contribution >= 4 is 12.1 Å². The fourth-order valence-electron chi connectivity index (χ4n) is 3.66. The van der Waals surface area contributed by atoms with Crippen molar-refractivity contribution in [3.05, 3.63) is 59.7 Å². The number of carbonyl (C=O) groups excluding carboxylic acids is 1. The van der Waals surface area contributed by atoms with Gasteiger partial charge in [0.25, 0.3) is 0 Å². The summed E-state index contributed by atoms with van der Waals surface area (Å²) in [6.45, 7) is 0.953. The van der Waals surface area contributed by atoms with Gasteiger partial charge in [-0.1, -0.05) is 48.5 Å². The molecule has 2 aromatic carbocycles. The molecule has 1 aliphatic carbocycles. The fourth-order valence-corrected chi connectivity index (χ4v) is 3.66. The second-order valence-corrected chi connectivity index (χ2v) is 7.28. The third kappa shape index (κ3) is 4.51. The number of fused-ring (bicyclic) bond motifs is 3. The van der Waals surface area contributed by atoms with Crippen molar-refractivity contribution < 1.29 is 19.4 Å². The van der Waals surface area contributed by atoms with E-state index in [9.17, 15) is 9.59 Å². The Morgan fingerprint density at radius 1 is 0.964 bits per heavy atom. The van der Waals surface area contributed by atoms with Crippen molar-refractivity contribution in [1.29, 1.82) is 0 Å². The molecule has 0 saturated carbocycles. The molecule has 0 bridgehead atoms. The summed E-state index contributed by atoms with van der Waals surface area (Å²) < 4.78 is 5.57. The smallest absolute Gasteiger partial charge is 0.410 e. The van der Waals surface area contributed by atoms with E-state index in [4.69, 9.17) is 9.84 Å². The topological polar surface area (TPSA) is 70.1 Å². The predicted octanol–water partition coefficient (Wildman–Crippen LogP) is 3.27. The van der Waals surface area contributed by atoms with E-state index in [2.05, 4.69) is 24.3 Å². The zero-order chi connectivity index (χ0) is 20.1. The summed E-state index contributed by atoms with van der Waals surface area (Å²) in [5.74, 6) is -1.08. The second kappa shape index (κ2) is 8.89. The van der Waals surface area contributed by atoms with Gasteiger partial charge < -0.3 is 14.7 Å². The van der Waals surface area contributed by atoms with E-state index in [0.717, 1.165) is 28.8 Å². The van der Waals surface area contributed by atoms with E-state index in [1.165, 1.54) is 4.90 Å². The highest BCUT2D eigenvalue weighted by Gasteiger charge is 2.29. The summed E-state index contributed by atoms with van der Waals surface area (Å²) in [7, 11) is 3.88. The van der Waals surface area contributed by atoms with E-state index < -0.39 is 12.1 Å². The van der Waals surface area contributed by atoms with Crippen LogP contribution in [0, 0.1) is 0 Å². The van der Waals surface area contributed by atoms with Gasteiger partial charge in [0.1, 0.15) is 13.2 Å². The van der Waals surface area contributed by atoms with Crippen LogP contribution in [0.5, 0.6) is 0 Å². The quantitative estimate of drug-likeness (QED) is 0.759. The number of hydrogen-bond acceptors (Lipinski definition) is 4. The highest BCUT2D eigenvalue weighted by Crippen LogP contribution is 2.44. The van der Waals surface area contributed by atoms with Gasteiger partial charge in [0.2, 0.25) is 0 Å². The standard InChI is InChI=1S/C22H26N2O4/c1-23(2)12-7-13-24(14-21(25)26)22(27)28-15-20-18-10-5-3-8-16(18)17-9-4-6-11-19(17)20/h3-6,8-11,20H,7,12-15H2,1-2H3,(H,25,26). The minimum absolute atomic E-state index is 0.0372. The Bertz CT molecular complexity index is 804. The Labute approximate surface area is 165 Å². The third-order valence-corrected chi connectivity index (χ3v) is 4.95. The summed E-state index contributed by atoms with van der Waals surface area (Å²) in [6.07, 6.45) is 0.104. The van der Waals surface area contributed by atoms with E-state index in [1.54, 1.807) is 0 Å². The first kappa shape index (κ1) is 19.9. The second-order valence-electron chi connectivity index (χ2n) is 7.28. The highest BCUT2D eigenvalue weighted by atomic mass is 16.6. The van der Waals surface area contributed by atoms with Crippen LogP contribution in [-0.2, 0) is 9.53 Å². The van der Waals surface area contributed by atoms with Crippen LogP contribution in [0.25, 0.3) is 11.1 Å². The van der Waals surface area contributed by atoms with Gasteiger partial charge in [-0.05, 0) is 49.3 Å². The molecule has 1 amide bonds. The van der Waals surface area contributed by atoms with Gasteiger partial charge in [-0.15, -0.1) is 0 Å². The lowest BCUT2D eigenvalue weighted by atomic mass is 9.98. The third-order valence-electron chi connectivity index (χ3n) is 4.95. The minimum Gasteiger partial charge on any atom is -0.480 e. The molecule has 0 spiro atoms. The van der Waals surface area contributed by atoms with Crippen LogP contribution in [0.4, 0.5) is 4.79 Å². The molecular formula is C22H26N2O4. The monoisotopic (exact) mass is 382 g/mol. The Kier molecular flexibility index (Phi) is 6.31. The molecule has 0 heterocycles. The molecule has 0 aliphatic heterocycles. The molecule has 0 fully saturated rings. The van der Waals surface area contributed by atoms with Crippen molar-refractivity contribution in [3.8, 4) is 11.1 Å². The summed E-state index contributed by atoms with van der Waals surface area (Å²) in [6, 6.07) is 16.2. The van der Waals surface area contributed by atoms with Gasteiger partial charge in [-0.3, -0.25) is 9.69 Å². The largest absolute Gasteiger partial charge is 0.480 e. The molecule has 148 valence electrons. The highest BCUT2D eigenvalue weighted by molar-refractivity contribution is 5.79. The molecular weight excluding hydrogens is 356 g/mol. The fraction of sp³-hybridized carbons (Fsp3) is 0.364. The molecule has 0 radical (unpaired) electrons.